The van der Waals surface area contributed by atoms with Gasteiger partial charge in [-0.3, -0.25) is 4.79 Å². The van der Waals surface area contributed by atoms with Crippen LogP contribution in [0.3, 0.4) is 0 Å². The fourth-order valence-corrected chi connectivity index (χ4v) is 3.12. The van der Waals surface area contributed by atoms with Gasteiger partial charge in [-0.25, -0.2) is 0 Å². The zero-order valence-electron chi connectivity index (χ0n) is 11.6. The first-order valence-electron chi connectivity index (χ1n) is 7.43. The van der Waals surface area contributed by atoms with Crippen molar-refractivity contribution in [3.63, 3.8) is 0 Å². The van der Waals surface area contributed by atoms with Crippen molar-refractivity contribution in [1.29, 1.82) is 0 Å². The fourth-order valence-electron chi connectivity index (χ4n) is 2.99. The van der Waals surface area contributed by atoms with Crippen LogP contribution in [0.25, 0.3) is 0 Å². The lowest BCUT2D eigenvalue weighted by molar-refractivity contribution is -0.136. The minimum atomic E-state index is 0.134. The summed E-state index contributed by atoms with van der Waals surface area (Å²) in [6.07, 6.45) is 7.12. The first-order valence-corrected chi connectivity index (χ1v) is 7.81. The number of hydrogen-bond donors (Lipinski definition) is 0. The molecule has 0 N–H and O–H groups in total. The molecule has 0 atom stereocenters. The van der Waals surface area contributed by atoms with Crippen LogP contribution < -0.4 is 4.74 Å². The Hall–Kier alpha value is -1.22. The van der Waals surface area contributed by atoms with E-state index in [-0.39, 0.29) is 12.5 Å². The number of carbonyl (C=O) groups is 1. The molecule has 0 unspecified atom stereocenters. The molecule has 108 valence electrons. The third-order valence-electron chi connectivity index (χ3n) is 4.12. The van der Waals surface area contributed by atoms with Crippen molar-refractivity contribution in [2.45, 2.75) is 50.6 Å². The molecule has 0 bridgehead atoms. The molecular formula is C16H20ClNO2. The Bertz CT molecular complexity index is 464. The van der Waals surface area contributed by atoms with Gasteiger partial charge in [0.15, 0.2) is 6.61 Å². The lowest BCUT2D eigenvalue weighted by Gasteiger charge is -2.29. The van der Waals surface area contributed by atoms with E-state index < -0.39 is 0 Å². The van der Waals surface area contributed by atoms with Gasteiger partial charge in [-0.1, -0.05) is 24.4 Å². The van der Waals surface area contributed by atoms with Crippen LogP contribution in [0.2, 0.25) is 5.02 Å². The average molecular weight is 294 g/mol. The van der Waals surface area contributed by atoms with Crippen LogP contribution in [-0.4, -0.2) is 29.5 Å². The van der Waals surface area contributed by atoms with E-state index in [9.17, 15) is 4.79 Å². The second kappa shape index (κ2) is 6.04. The molecule has 0 aliphatic heterocycles. The fraction of sp³-hybridized carbons (Fsp3) is 0.562. The molecule has 0 saturated heterocycles. The van der Waals surface area contributed by atoms with Crippen LogP contribution in [-0.2, 0) is 4.79 Å². The molecule has 3 nitrogen and oxygen atoms in total. The highest BCUT2D eigenvalue weighted by atomic mass is 35.5. The number of rotatable bonds is 5. The van der Waals surface area contributed by atoms with Crippen LogP contribution in [0.15, 0.2) is 24.3 Å². The van der Waals surface area contributed by atoms with E-state index in [4.69, 9.17) is 16.3 Å². The minimum Gasteiger partial charge on any atom is -0.484 e. The van der Waals surface area contributed by atoms with E-state index in [1.165, 1.54) is 12.8 Å². The first kappa shape index (κ1) is 13.7. The summed E-state index contributed by atoms with van der Waals surface area (Å²) in [5, 5.41) is 0.675. The molecule has 2 fully saturated rings. The van der Waals surface area contributed by atoms with Gasteiger partial charge in [-0.2, -0.15) is 0 Å². The number of halogens is 1. The molecule has 20 heavy (non-hydrogen) atoms. The summed E-state index contributed by atoms with van der Waals surface area (Å²) in [5.41, 5.74) is 0. The highest BCUT2D eigenvalue weighted by molar-refractivity contribution is 6.30. The molecule has 4 heteroatoms. The largest absolute Gasteiger partial charge is 0.484 e. The van der Waals surface area contributed by atoms with Crippen molar-refractivity contribution in [2.75, 3.05) is 6.61 Å². The highest BCUT2D eigenvalue weighted by Crippen LogP contribution is 2.34. The molecule has 2 aliphatic rings. The van der Waals surface area contributed by atoms with Gasteiger partial charge in [0.1, 0.15) is 5.75 Å². The Kier molecular flexibility index (Phi) is 4.16. The molecule has 2 saturated carbocycles. The second-order valence-corrected chi connectivity index (χ2v) is 6.15. The number of amides is 1. The smallest absolute Gasteiger partial charge is 0.261 e. The summed E-state index contributed by atoms with van der Waals surface area (Å²) in [7, 11) is 0. The predicted molar refractivity (Wildman–Crippen MR) is 79.1 cm³/mol. The lowest BCUT2D eigenvalue weighted by atomic mass is 10.2. The van der Waals surface area contributed by atoms with Gasteiger partial charge < -0.3 is 9.64 Å². The summed E-state index contributed by atoms with van der Waals surface area (Å²) in [6, 6.07) is 8.07. The monoisotopic (exact) mass is 293 g/mol. The maximum Gasteiger partial charge on any atom is 0.261 e. The number of nitrogens with zero attached hydrogens (tertiary/aromatic N) is 1. The summed E-state index contributed by atoms with van der Waals surface area (Å²) < 4.78 is 5.59. The second-order valence-electron chi connectivity index (χ2n) is 5.71. The van der Waals surface area contributed by atoms with Gasteiger partial charge in [0.25, 0.3) is 5.91 Å². The molecule has 1 aromatic rings. The van der Waals surface area contributed by atoms with Gasteiger partial charge in [0.2, 0.25) is 0 Å². The number of benzene rings is 1. The van der Waals surface area contributed by atoms with Crippen LogP contribution in [0.1, 0.15) is 38.5 Å². The molecule has 0 aromatic heterocycles. The molecule has 0 radical (unpaired) electrons. The van der Waals surface area contributed by atoms with E-state index in [2.05, 4.69) is 4.90 Å². The topological polar surface area (TPSA) is 29.5 Å². The Morgan fingerprint density at radius 1 is 1.10 bits per heavy atom. The first-order chi connectivity index (χ1) is 9.74. The normalized spacial score (nSPS) is 19.1. The lowest BCUT2D eigenvalue weighted by Crippen LogP contribution is -2.43. The van der Waals surface area contributed by atoms with Gasteiger partial charge in [0, 0.05) is 17.1 Å². The van der Waals surface area contributed by atoms with Gasteiger partial charge >= 0.3 is 0 Å². The van der Waals surface area contributed by atoms with Crippen LogP contribution in [0.5, 0.6) is 5.75 Å². The highest BCUT2D eigenvalue weighted by Gasteiger charge is 2.38. The predicted octanol–water partition coefficient (Wildman–Crippen LogP) is 3.65. The minimum absolute atomic E-state index is 0.134. The molecule has 3 rings (SSSR count). The van der Waals surface area contributed by atoms with Crippen LogP contribution in [0, 0.1) is 0 Å². The number of carbonyl (C=O) groups excluding carboxylic acids is 1. The standard InChI is InChI=1S/C16H20ClNO2/c17-12-5-9-15(10-6-12)20-11-16(19)18(14-7-8-14)13-3-1-2-4-13/h5-6,9-10,13-14H,1-4,7-8,11H2. The quantitative estimate of drug-likeness (QED) is 0.829. The molecule has 1 aromatic carbocycles. The SMILES string of the molecule is O=C(COc1ccc(Cl)cc1)N(C1CCCC1)C1CC1. The van der Waals surface area contributed by atoms with Crippen molar-refractivity contribution in [3.8, 4) is 5.75 Å². The van der Waals surface area contributed by atoms with E-state index in [0.29, 0.717) is 22.9 Å². The Morgan fingerprint density at radius 2 is 1.70 bits per heavy atom. The molecular weight excluding hydrogens is 274 g/mol. The maximum atomic E-state index is 12.4. The summed E-state index contributed by atoms with van der Waals surface area (Å²) in [4.78, 5) is 14.5. The zero-order chi connectivity index (χ0) is 13.9. The van der Waals surface area contributed by atoms with Gasteiger partial charge in [-0.15, -0.1) is 0 Å². The molecule has 0 spiro atoms. The van der Waals surface area contributed by atoms with Crippen molar-refractivity contribution >= 4 is 17.5 Å². The van der Waals surface area contributed by atoms with E-state index in [0.717, 1.165) is 25.7 Å². The third kappa shape index (κ3) is 3.26. The maximum absolute atomic E-state index is 12.4. The molecule has 0 heterocycles. The zero-order valence-corrected chi connectivity index (χ0v) is 12.3. The Morgan fingerprint density at radius 3 is 2.30 bits per heavy atom. The van der Waals surface area contributed by atoms with Crippen molar-refractivity contribution in [2.24, 2.45) is 0 Å². The number of ether oxygens (including phenoxy) is 1. The van der Waals surface area contributed by atoms with Crippen molar-refractivity contribution < 1.29 is 9.53 Å². The average Bonchev–Trinajstić information content (AvgIpc) is 3.13. The van der Waals surface area contributed by atoms with Gasteiger partial charge in [-0.05, 0) is 49.9 Å². The van der Waals surface area contributed by atoms with Crippen molar-refractivity contribution in [1.82, 2.24) is 4.90 Å². The summed E-state index contributed by atoms with van der Waals surface area (Å²) in [5.74, 6) is 0.833. The van der Waals surface area contributed by atoms with E-state index in [1.54, 1.807) is 24.3 Å². The molecule has 1 amide bonds. The third-order valence-corrected chi connectivity index (χ3v) is 4.37. The summed E-state index contributed by atoms with van der Waals surface area (Å²) in [6.45, 7) is 0.134. The Labute approximate surface area is 124 Å². The van der Waals surface area contributed by atoms with E-state index >= 15 is 0 Å². The van der Waals surface area contributed by atoms with E-state index in [1.807, 2.05) is 0 Å². The van der Waals surface area contributed by atoms with Gasteiger partial charge in [0.05, 0.1) is 0 Å². The Balaban J connectivity index is 1.57. The van der Waals surface area contributed by atoms with Crippen molar-refractivity contribution in [3.05, 3.63) is 29.3 Å². The van der Waals surface area contributed by atoms with Crippen LogP contribution in [0.4, 0.5) is 0 Å². The van der Waals surface area contributed by atoms with Crippen LogP contribution >= 0.6 is 11.6 Å². The summed E-state index contributed by atoms with van der Waals surface area (Å²) >= 11 is 5.83. The number of hydrogen-bond acceptors (Lipinski definition) is 2. The molecule has 2 aliphatic carbocycles.